The smallest absolute Gasteiger partial charge is 0.336 e. The van der Waals surface area contributed by atoms with Gasteiger partial charge in [-0.3, -0.25) is 0 Å². The van der Waals surface area contributed by atoms with Gasteiger partial charge in [0.15, 0.2) is 0 Å². The minimum atomic E-state index is -1.08. The molecule has 0 aliphatic carbocycles. The fourth-order valence-corrected chi connectivity index (χ4v) is 3.23. The number of benzene rings is 4. The van der Waals surface area contributed by atoms with Crippen molar-refractivity contribution in [1.29, 1.82) is 0 Å². The van der Waals surface area contributed by atoms with E-state index in [0.717, 1.165) is 16.3 Å². The number of fused-ring (bicyclic) bond motifs is 2. The second-order valence-electron chi connectivity index (χ2n) is 6.35. The van der Waals surface area contributed by atoms with Crippen LogP contribution in [0.5, 0.6) is 0 Å². The normalized spacial score (nSPS) is 10.4. The first-order valence-corrected chi connectivity index (χ1v) is 8.57. The third-order valence-electron chi connectivity index (χ3n) is 4.56. The minimum absolute atomic E-state index is 0.0941. The molecule has 0 atom stereocenters. The number of carboxylic acid groups (broad SMARTS) is 2. The maximum Gasteiger partial charge on any atom is 0.336 e. The Hall–Kier alpha value is -4.10. The monoisotopic (exact) mass is 366 g/mol. The molecule has 134 valence electrons. The lowest BCUT2D eigenvalue weighted by Gasteiger charge is -2.05. The summed E-state index contributed by atoms with van der Waals surface area (Å²) in [4.78, 5) is 22.9. The Morgan fingerprint density at radius 2 is 1.46 bits per heavy atom. The van der Waals surface area contributed by atoms with Crippen LogP contribution in [0, 0.1) is 11.8 Å². The van der Waals surface area contributed by atoms with E-state index in [4.69, 9.17) is 0 Å². The molecule has 28 heavy (non-hydrogen) atoms. The second-order valence-corrected chi connectivity index (χ2v) is 6.35. The van der Waals surface area contributed by atoms with Crippen molar-refractivity contribution in [1.82, 2.24) is 0 Å². The summed E-state index contributed by atoms with van der Waals surface area (Å²) in [6.07, 6.45) is 0. The lowest BCUT2D eigenvalue weighted by molar-refractivity contribution is 0.0688. The van der Waals surface area contributed by atoms with Crippen LogP contribution in [0.2, 0.25) is 0 Å². The Morgan fingerprint density at radius 3 is 2.25 bits per heavy atom. The van der Waals surface area contributed by atoms with Crippen LogP contribution < -0.4 is 0 Å². The zero-order valence-electron chi connectivity index (χ0n) is 14.6. The summed E-state index contributed by atoms with van der Waals surface area (Å²) in [7, 11) is 0. The predicted octanol–water partition coefficient (Wildman–Crippen LogP) is 4.79. The number of carbonyl (C=O) groups is 2. The molecule has 0 unspecified atom stereocenters. The molecule has 0 saturated carbocycles. The lowest BCUT2D eigenvalue weighted by atomic mass is 9.98. The van der Waals surface area contributed by atoms with Crippen LogP contribution in [0.3, 0.4) is 0 Å². The van der Waals surface area contributed by atoms with Gasteiger partial charge in [0.25, 0.3) is 0 Å². The zero-order valence-corrected chi connectivity index (χ0v) is 14.6. The average molecular weight is 366 g/mol. The largest absolute Gasteiger partial charge is 0.478 e. The van der Waals surface area contributed by atoms with E-state index in [0.29, 0.717) is 16.3 Å². The standard InChI is InChI=1S/C24H14O4/c25-23(26)18-10-11-21-19(14-18)12-15(13-22(21)24(27)28)8-9-17-6-3-5-16-4-1-2-7-20(16)17/h1-7,10-14H,(H,25,26)(H,27,28). The van der Waals surface area contributed by atoms with E-state index in [2.05, 4.69) is 11.8 Å². The van der Waals surface area contributed by atoms with Gasteiger partial charge in [-0.1, -0.05) is 54.3 Å². The highest BCUT2D eigenvalue weighted by Crippen LogP contribution is 2.23. The molecule has 0 bridgehead atoms. The molecule has 4 aromatic carbocycles. The molecule has 0 saturated heterocycles. The maximum absolute atomic E-state index is 11.7. The van der Waals surface area contributed by atoms with Gasteiger partial charge in [0, 0.05) is 11.1 Å². The summed E-state index contributed by atoms with van der Waals surface area (Å²) in [5.74, 6) is 4.00. The van der Waals surface area contributed by atoms with Gasteiger partial charge in [-0.25, -0.2) is 9.59 Å². The Kier molecular flexibility index (Phi) is 4.27. The molecule has 4 nitrogen and oxygen atoms in total. The van der Waals surface area contributed by atoms with E-state index in [-0.39, 0.29) is 11.1 Å². The Balaban J connectivity index is 1.88. The quantitative estimate of drug-likeness (QED) is 0.500. The van der Waals surface area contributed by atoms with Crippen molar-refractivity contribution in [3.63, 3.8) is 0 Å². The summed E-state index contributed by atoms with van der Waals surface area (Å²) in [5, 5.41) is 21.9. The molecule has 4 heteroatoms. The molecule has 0 amide bonds. The van der Waals surface area contributed by atoms with E-state index < -0.39 is 11.9 Å². The van der Waals surface area contributed by atoms with Gasteiger partial charge in [0.2, 0.25) is 0 Å². The van der Waals surface area contributed by atoms with Gasteiger partial charge < -0.3 is 10.2 Å². The van der Waals surface area contributed by atoms with Crippen molar-refractivity contribution >= 4 is 33.5 Å². The molecule has 0 aromatic heterocycles. The number of rotatable bonds is 2. The molecular formula is C24H14O4. The Labute approximate surface area is 160 Å². The SMILES string of the molecule is O=C(O)c1ccc2c(C(=O)O)cc(C#Cc3cccc4ccccc34)cc2c1. The molecule has 4 aromatic rings. The van der Waals surface area contributed by atoms with E-state index in [1.165, 1.54) is 24.3 Å². The predicted molar refractivity (Wildman–Crippen MR) is 108 cm³/mol. The molecule has 2 N–H and O–H groups in total. The van der Waals surface area contributed by atoms with Crippen molar-refractivity contribution in [2.75, 3.05) is 0 Å². The summed E-state index contributed by atoms with van der Waals surface area (Å²) in [5.41, 5.74) is 1.55. The van der Waals surface area contributed by atoms with E-state index in [9.17, 15) is 19.8 Å². The van der Waals surface area contributed by atoms with Crippen LogP contribution in [0.4, 0.5) is 0 Å². The van der Waals surface area contributed by atoms with Gasteiger partial charge in [-0.05, 0) is 51.9 Å². The van der Waals surface area contributed by atoms with Crippen LogP contribution in [0.1, 0.15) is 31.8 Å². The van der Waals surface area contributed by atoms with Crippen molar-refractivity contribution in [3.8, 4) is 11.8 Å². The summed E-state index contributed by atoms with van der Waals surface area (Å²) >= 11 is 0. The Morgan fingerprint density at radius 1 is 0.679 bits per heavy atom. The first-order chi connectivity index (χ1) is 13.5. The number of aromatic carboxylic acids is 2. The van der Waals surface area contributed by atoms with Gasteiger partial charge in [0.1, 0.15) is 0 Å². The number of hydrogen-bond donors (Lipinski definition) is 2. The zero-order chi connectivity index (χ0) is 19.7. The van der Waals surface area contributed by atoms with Crippen LogP contribution in [0.15, 0.2) is 72.8 Å². The van der Waals surface area contributed by atoms with Crippen molar-refractivity contribution < 1.29 is 19.8 Å². The molecule has 0 fully saturated rings. The molecule has 0 radical (unpaired) electrons. The summed E-state index contributed by atoms with van der Waals surface area (Å²) < 4.78 is 0. The molecule has 0 heterocycles. The third-order valence-corrected chi connectivity index (χ3v) is 4.56. The van der Waals surface area contributed by atoms with Gasteiger partial charge in [-0.2, -0.15) is 0 Å². The number of hydrogen-bond acceptors (Lipinski definition) is 2. The van der Waals surface area contributed by atoms with E-state index >= 15 is 0 Å². The minimum Gasteiger partial charge on any atom is -0.478 e. The van der Waals surface area contributed by atoms with Gasteiger partial charge in [-0.15, -0.1) is 0 Å². The van der Waals surface area contributed by atoms with Crippen LogP contribution in [-0.2, 0) is 0 Å². The summed E-state index contributed by atoms with van der Waals surface area (Å²) in [6.45, 7) is 0. The fraction of sp³-hybridized carbons (Fsp3) is 0. The van der Waals surface area contributed by atoms with Crippen molar-refractivity contribution in [3.05, 3.63) is 95.1 Å². The topological polar surface area (TPSA) is 74.6 Å². The molecule has 4 rings (SSSR count). The lowest BCUT2D eigenvalue weighted by Crippen LogP contribution is -2.01. The van der Waals surface area contributed by atoms with Gasteiger partial charge in [0.05, 0.1) is 11.1 Å². The molecule has 0 aliphatic rings. The third kappa shape index (κ3) is 3.17. The van der Waals surface area contributed by atoms with Crippen molar-refractivity contribution in [2.24, 2.45) is 0 Å². The van der Waals surface area contributed by atoms with Crippen molar-refractivity contribution in [2.45, 2.75) is 0 Å². The molecule has 0 spiro atoms. The van der Waals surface area contributed by atoms with Crippen LogP contribution >= 0.6 is 0 Å². The average Bonchev–Trinajstić information content (AvgIpc) is 2.70. The van der Waals surface area contributed by atoms with E-state index in [1.807, 2.05) is 42.5 Å². The molecule has 0 aliphatic heterocycles. The van der Waals surface area contributed by atoms with Crippen LogP contribution in [0.25, 0.3) is 21.5 Å². The Bertz CT molecular complexity index is 1320. The van der Waals surface area contributed by atoms with E-state index in [1.54, 1.807) is 6.07 Å². The fourth-order valence-electron chi connectivity index (χ4n) is 3.23. The second kappa shape index (κ2) is 6.90. The first kappa shape index (κ1) is 17.3. The first-order valence-electron chi connectivity index (χ1n) is 8.57. The highest BCUT2D eigenvalue weighted by molar-refractivity contribution is 6.06. The maximum atomic E-state index is 11.7. The number of carboxylic acids is 2. The van der Waals surface area contributed by atoms with Crippen LogP contribution in [-0.4, -0.2) is 22.2 Å². The highest BCUT2D eigenvalue weighted by atomic mass is 16.4. The summed E-state index contributed by atoms with van der Waals surface area (Å²) in [6, 6.07) is 21.4. The van der Waals surface area contributed by atoms with Gasteiger partial charge >= 0.3 is 11.9 Å². The molecular weight excluding hydrogens is 352 g/mol. The highest BCUT2D eigenvalue weighted by Gasteiger charge is 2.12.